The third-order valence-electron chi connectivity index (χ3n) is 2.20. The van der Waals surface area contributed by atoms with Crippen molar-refractivity contribution in [2.45, 2.75) is 31.8 Å². The minimum absolute atomic E-state index is 0.0615. The molecule has 1 aromatic rings. The Morgan fingerprint density at radius 2 is 2.06 bits per heavy atom. The van der Waals surface area contributed by atoms with Crippen molar-refractivity contribution in [3.05, 3.63) is 17.6 Å². The van der Waals surface area contributed by atoms with Crippen molar-refractivity contribution in [3.8, 4) is 0 Å². The van der Waals surface area contributed by atoms with Gasteiger partial charge in [0, 0.05) is 13.6 Å². The number of furan rings is 1. The SMILES string of the molecule is Cc1cc(S(=O)(=O)N(C)C[C@@H](C)O)c(C)o1. The first-order valence-corrected chi connectivity index (χ1v) is 6.40. The van der Waals surface area contributed by atoms with Crippen LogP contribution in [0.3, 0.4) is 0 Å². The number of hydrogen-bond donors (Lipinski definition) is 1. The van der Waals surface area contributed by atoms with Gasteiger partial charge >= 0.3 is 0 Å². The number of nitrogens with zero attached hydrogens (tertiary/aromatic N) is 1. The zero-order chi connectivity index (χ0) is 12.5. The Hall–Kier alpha value is -0.850. The summed E-state index contributed by atoms with van der Waals surface area (Å²) in [5, 5.41) is 9.18. The second-order valence-electron chi connectivity index (χ2n) is 3.91. The summed E-state index contributed by atoms with van der Waals surface area (Å²) in [4.78, 5) is 0.160. The highest BCUT2D eigenvalue weighted by Gasteiger charge is 2.26. The molecule has 6 heteroatoms. The first kappa shape index (κ1) is 13.2. The van der Waals surface area contributed by atoms with Gasteiger partial charge in [-0.3, -0.25) is 0 Å². The summed E-state index contributed by atoms with van der Waals surface area (Å²) in [5.41, 5.74) is 0. The fraction of sp³-hybridized carbons (Fsp3) is 0.600. The Balaban J connectivity index is 3.07. The lowest BCUT2D eigenvalue weighted by Crippen LogP contribution is -2.33. The zero-order valence-electron chi connectivity index (χ0n) is 9.89. The van der Waals surface area contributed by atoms with Crippen LogP contribution in [0.25, 0.3) is 0 Å². The zero-order valence-corrected chi connectivity index (χ0v) is 10.7. The number of aliphatic hydroxyl groups is 1. The van der Waals surface area contributed by atoms with Crippen LogP contribution < -0.4 is 0 Å². The first-order valence-electron chi connectivity index (χ1n) is 4.96. The van der Waals surface area contributed by atoms with Gasteiger partial charge in [-0.05, 0) is 26.8 Å². The van der Waals surface area contributed by atoms with Crippen molar-refractivity contribution in [1.82, 2.24) is 4.31 Å². The molecule has 5 nitrogen and oxygen atoms in total. The predicted octanol–water partition coefficient (Wildman–Crippen LogP) is 0.898. The van der Waals surface area contributed by atoms with Gasteiger partial charge in [-0.1, -0.05) is 0 Å². The van der Waals surface area contributed by atoms with Gasteiger partial charge in [-0.15, -0.1) is 0 Å². The van der Waals surface area contributed by atoms with Gasteiger partial charge in [-0.2, -0.15) is 4.31 Å². The van der Waals surface area contributed by atoms with Crippen molar-refractivity contribution in [2.75, 3.05) is 13.6 Å². The Morgan fingerprint density at radius 3 is 2.44 bits per heavy atom. The lowest BCUT2D eigenvalue weighted by molar-refractivity contribution is 0.171. The third kappa shape index (κ3) is 2.63. The van der Waals surface area contributed by atoms with Gasteiger partial charge in [0.2, 0.25) is 10.0 Å². The maximum absolute atomic E-state index is 12.1. The van der Waals surface area contributed by atoms with Gasteiger partial charge in [0.1, 0.15) is 16.4 Å². The van der Waals surface area contributed by atoms with E-state index in [-0.39, 0.29) is 11.4 Å². The minimum atomic E-state index is -3.56. The monoisotopic (exact) mass is 247 g/mol. The Kier molecular flexibility index (Phi) is 3.77. The lowest BCUT2D eigenvalue weighted by Gasteiger charge is -2.17. The van der Waals surface area contributed by atoms with Crippen molar-refractivity contribution in [3.63, 3.8) is 0 Å². The molecule has 0 fully saturated rings. The minimum Gasteiger partial charge on any atom is -0.465 e. The van der Waals surface area contributed by atoms with Gasteiger partial charge in [0.05, 0.1) is 6.10 Å². The van der Waals surface area contributed by atoms with E-state index in [2.05, 4.69) is 0 Å². The van der Waals surface area contributed by atoms with Crippen LogP contribution >= 0.6 is 0 Å². The largest absolute Gasteiger partial charge is 0.465 e. The van der Waals surface area contributed by atoms with E-state index in [1.165, 1.54) is 13.1 Å². The summed E-state index contributed by atoms with van der Waals surface area (Å²) < 4.78 is 30.4. The van der Waals surface area contributed by atoms with E-state index in [0.29, 0.717) is 11.5 Å². The van der Waals surface area contributed by atoms with Crippen LogP contribution in [0.4, 0.5) is 0 Å². The molecule has 16 heavy (non-hydrogen) atoms. The summed E-state index contributed by atoms with van der Waals surface area (Å²) in [5.74, 6) is 0.927. The molecule has 1 heterocycles. The molecule has 0 aromatic carbocycles. The summed E-state index contributed by atoms with van der Waals surface area (Å²) in [6.07, 6.45) is -0.701. The molecule has 0 spiro atoms. The van der Waals surface area contributed by atoms with Crippen LogP contribution in [0.15, 0.2) is 15.4 Å². The number of aliphatic hydroxyl groups excluding tert-OH is 1. The summed E-state index contributed by atoms with van der Waals surface area (Å²) in [7, 11) is -2.13. The Labute approximate surface area is 95.7 Å². The molecule has 92 valence electrons. The van der Waals surface area contributed by atoms with Gasteiger partial charge in [0.25, 0.3) is 0 Å². The highest BCUT2D eigenvalue weighted by Crippen LogP contribution is 2.22. The van der Waals surface area contributed by atoms with E-state index >= 15 is 0 Å². The normalized spacial score (nSPS) is 14.4. The van der Waals surface area contributed by atoms with E-state index in [1.54, 1.807) is 20.8 Å². The molecule has 1 rings (SSSR count). The lowest BCUT2D eigenvalue weighted by atomic mass is 10.4. The van der Waals surface area contributed by atoms with Crippen LogP contribution in [-0.2, 0) is 10.0 Å². The van der Waals surface area contributed by atoms with E-state index in [4.69, 9.17) is 4.42 Å². The molecular formula is C10H17NO4S. The van der Waals surface area contributed by atoms with Gasteiger partial charge < -0.3 is 9.52 Å². The first-order chi connectivity index (χ1) is 7.25. The molecule has 0 aliphatic rings. The smallest absolute Gasteiger partial charge is 0.246 e. The van der Waals surface area contributed by atoms with Gasteiger partial charge in [-0.25, -0.2) is 8.42 Å². The summed E-state index contributed by atoms with van der Waals surface area (Å²) in [6.45, 7) is 4.91. The molecule has 1 atom stereocenters. The van der Waals surface area contributed by atoms with Crippen molar-refractivity contribution in [2.24, 2.45) is 0 Å². The van der Waals surface area contributed by atoms with E-state index in [1.807, 2.05) is 0 Å². The van der Waals surface area contributed by atoms with Crippen molar-refractivity contribution < 1.29 is 17.9 Å². The Bertz CT molecular complexity index is 461. The average Bonchev–Trinajstić information content (AvgIpc) is 2.44. The van der Waals surface area contributed by atoms with Gasteiger partial charge in [0.15, 0.2) is 0 Å². The van der Waals surface area contributed by atoms with E-state index in [9.17, 15) is 13.5 Å². The Morgan fingerprint density at radius 1 is 1.50 bits per heavy atom. The molecule has 1 N–H and O–H groups in total. The molecule has 0 aliphatic carbocycles. The highest BCUT2D eigenvalue weighted by atomic mass is 32.2. The molecule has 0 bridgehead atoms. The number of hydrogen-bond acceptors (Lipinski definition) is 4. The predicted molar refractivity (Wildman–Crippen MR) is 59.7 cm³/mol. The van der Waals surface area contributed by atoms with Crippen LogP contribution in [0.5, 0.6) is 0 Å². The van der Waals surface area contributed by atoms with Crippen LogP contribution in [0.1, 0.15) is 18.4 Å². The number of aryl methyl sites for hydroxylation is 2. The average molecular weight is 247 g/mol. The van der Waals surface area contributed by atoms with Crippen molar-refractivity contribution in [1.29, 1.82) is 0 Å². The van der Waals surface area contributed by atoms with Crippen LogP contribution in [0.2, 0.25) is 0 Å². The fourth-order valence-electron chi connectivity index (χ4n) is 1.50. The highest BCUT2D eigenvalue weighted by molar-refractivity contribution is 7.89. The summed E-state index contributed by atoms with van der Waals surface area (Å²) in [6, 6.07) is 1.49. The second kappa shape index (κ2) is 4.57. The molecule has 0 radical (unpaired) electrons. The van der Waals surface area contributed by atoms with Crippen molar-refractivity contribution >= 4 is 10.0 Å². The van der Waals surface area contributed by atoms with Crippen LogP contribution in [0, 0.1) is 13.8 Å². The number of sulfonamides is 1. The molecule has 1 aromatic heterocycles. The molecular weight excluding hydrogens is 230 g/mol. The standard InChI is InChI=1S/C10H17NO4S/c1-7(12)6-11(4)16(13,14)10-5-8(2)15-9(10)3/h5,7,12H,6H2,1-4H3/t7-/m1/s1. The van der Waals surface area contributed by atoms with E-state index in [0.717, 1.165) is 4.31 Å². The molecule has 0 aliphatic heterocycles. The van der Waals surface area contributed by atoms with E-state index < -0.39 is 16.1 Å². The molecule has 0 saturated heterocycles. The molecule has 0 amide bonds. The fourth-order valence-corrected chi connectivity index (χ4v) is 2.97. The number of rotatable bonds is 4. The molecule has 0 unspecified atom stereocenters. The molecule has 0 saturated carbocycles. The topological polar surface area (TPSA) is 70.8 Å². The summed E-state index contributed by atoms with van der Waals surface area (Å²) >= 11 is 0. The maximum atomic E-state index is 12.1. The quantitative estimate of drug-likeness (QED) is 0.858. The third-order valence-corrected chi connectivity index (χ3v) is 4.14. The maximum Gasteiger partial charge on any atom is 0.246 e. The second-order valence-corrected chi connectivity index (χ2v) is 5.93. The number of likely N-dealkylation sites (N-methyl/N-ethyl adjacent to an activating group) is 1. The van der Waals surface area contributed by atoms with Crippen LogP contribution in [-0.4, -0.2) is 37.5 Å².